The number of hydrogen-bond acceptors (Lipinski definition) is 4. The molecule has 0 aromatic carbocycles. The van der Waals surface area contributed by atoms with Gasteiger partial charge in [-0.3, -0.25) is 4.79 Å². The van der Waals surface area contributed by atoms with Crippen molar-refractivity contribution in [2.75, 3.05) is 7.11 Å². The molecule has 5 aliphatic carbocycles. The van der Waals surface area contributed by atoms with E-state index in [9.17, 15) is 15.0 Å². The highest BCUT2D eigenvalue weighted by Crippen LogP contribution is 2.70. The maximum absolute atomic E-state index is 13.1. The lowest BCUT2D eigenvalue weighted by Crippen LogP contribution is -2.62. The maximum atomic E-state index is 13.1. The van der Waals surface area contributed by atoms with Gasteiger partial charge in [0.1, 0.15) is 0 Å². The van der Waals surface area contributed by atoms with Crippen LogP contribution in [0.4, 0.5) is 0 Å². The molecule has 0 saturated heterocycles. The van der Waals surface area contributed by atoms with Crippen LogP contribution in [0.2, 0.25) is 0 Å². The zero-order chi connectivity index (χ0) is 23.1. The molecule has 0 aromatic heterocycles. The van der Waals surface area contributed by atoms with Crippen LogP contribution in [-0.4, -0.2) is 35.5 Å². The van der Waals surface area contributed by atoms with Crippen LogP contribution in [0, 0.1) is 51.8 Å². The first-order valence-electron chi connectivity index (χ1n) is 13.2. The number of aliphatic hydroxyl groups is 2. The predicted octanol–water partition coefficient (Wildman–Crippen LogP) is 5.12. The fourth-order valence-electron chi connectivity index (χ4n) is 10.0. The summed E-state index contributed by atoms with van der Waals surface area (Å²) in [6, 6.07) is 0. The van der Waals surface area contributed by atoms with E-state index in [0.29, 0.717) is 36.0 Å². The Labute approximate surface area is 194 Å². The Kier molecular flexibility index (Phi) is 5.41. The standard InChI is InChI=1S/C28H44O4/c1-16-8-12-28(25(31)32-5)13-10-20-18(21(28)14-16)6-7-23-26(20,3)11-9-19-17(2)24(30)22(29)15-27(19,23)4/h6,16-17,19-24,29-30H,7-15H2,1-5H3/t16-,17+,19?,20?,21?,22+,23?,24-,26-,27-,28-/m0/s1. The van der Waals surface area contributed by atoms with Crippen molar-refractivity contribution < 1.29 is 19.7 Å². The Bertz CT molecular complexity index is 805. The topological polar surface area (TPSA) is 66.8 Å². The smallest absolute Gasteiger partial charge is 0.312 e. The van der Waals surface area contributed by atoms with Gasteiger partial charge in [0.25, 0.3) is 0 Å². The molecule has 4 saturated carbocycles. The zero-order valence-electron chi connectivity index (χ0n) is 20.8. The molecule has 4 nitrogen and oxygen atoms in total. The minimum Gasteiger partial charge on any atom is -0.469 e. The van der Waals surface area contributed by atoms with Gasteiger partial charge in [-0.05, 0) is 104 Å². The quantitative estimate of drug-likeness (QED) is 0.435. The first-order valence-corrected chi connectivity index (χ1v) is 13.2. The number of allylic oxidation sites excluding steroid dienone is 2. The summed E-state index contributed by atoms with van der Waals surface area (Å²) in [6.07, 6.45) is 10.7. The van der Waals surface area contributed by atoms with Gasteiger partial charge in [-0.1, -0.05) is 39.3 Å². The van der Waals surface area contributed by atoms with Crippen LogP contribution in [0.5, 0.6) is 0 Å². The summed E-state index contributed by atoms with van der Waals surface area (Å²) >= 11 is 0. The van der Waals surface area contributed by atoms with Crippen LogP contribution in [0.25, 0.3) is 0 Å². The highest BCUT2D eigenvalue weighted by Gasteiger charge is 2.64. The van der Waals surface area contributed by atoms with Gasteiger partial charge in [-0.25, -0.2) is 0 Å². The molecule has 180 valence electrons. The first-order chi connectivity index (χ1) is 15.1. The van der Waals surface area contributed by atoms with Gasteiger partial charge in [0.2, 0.25) is 0 Å². The van der Waals surface area contributed by atoms with Gasteiger partial charge >= 0.3 is 5.97 Å². The summed E-state index contributed by atoms with van der Waals surface area (Å²) in [6.45, 7) is 9.43. The van der Waals surface area contributed by atoms with Crippen LogP contribution < -0.4 is 0 Å². The van der Waals surface area contributed by atoms with Gasteiger partial charge in [0, 0.05) is 0 Å². The van der Waals surface area contributed by atoms with E-state index in [0.717, 1.165) is 44.9 Å². The predicted molar refractivity (Wildman–Crippen MR) is 125 cm³/mol. The van der Waals surface area contributed by atoms with Gasteiger partial charge in [-0.15, -0.1) is 0 Å². The van der Waals surface area contributed by atoms with Gasteiger partial charge in [0.05, 0.1) is 24.7 Å². The summed E-state index contributed by atoms with van der Waals surface area (Å²) in [4.78, 5) is 13.1. The van der Waals surface area contributed by atoms with E-state index < -0.39 is 12.2 Å². The third kappa shape index (κ3) is 2.90. The molecule has 11 atom stereocenters. The van der Waals surface area contributed by atoms with Crippen LogP contribution in [0.3, 0.4) is 0 Å². The van der Waals surface area contributed by atoms with Crippen molar-refractivity contribution in [2.45, 2.75) is 97.7 Å². The fourth-order valence-corrected chi connectivity index (χ4v) is 10.0. The van der Waals surface area contributed by atoms with Crippen molar-refractivity contribution in [1.82, 2.24) is 0 Å². The second kappa shape index (κ2) is 7.57. The van der Waals surface area contributed by atoms with Crippen LogP contribution in [0.1, 0.15) is 85.5 Å². The zero-order valence-corrected chi connectivity index (χ0v) is 20.8. The van der Waals surface area contributed by atoms with Crippen molar-refractivity contribution in [3.63, 3.8) is 0 Å². The number of carbonyl (C=O) groups excluding carboxylic acids is 1. The largest absolute Gasteiger partial charge is 0.469 e. The molecule has 0 spiro atoms. The molecular formula is C28H44O4. The molecule has 4 fully saturated rings. The number of hydrogen-bond donors (Lipinski definition) is 2. The monoisotopic (exact) mass is 444 g/mol. The number of fused-ring (bicyclic) bond motifs is 7. The van der Waals surface area contributed by atoms with E-state index in [-0.39, 0.29) is 28.1 Å². The number of aliphatic hydroxyl groups excluding tert-OH is 2. The normalized spacial score (nSPS) is 54.9. The second-order valence-corrected chi connectivity index (χ2v) is 12.9. The molecule has 0 aliphatic heterocycles. The molecule has 5 rings (SSSR count). The van der Waals surface area contributed by atoms with E-state index in [1.165, 1.54) is 6.42 Å². The molecule has 32 heavy (non-hydrogen) atoms. The Morgan fingerprint density at radius 3 is 2.47 bits per heavy atom. The van der Waals surface area contributed by atoms with Crippen molar-refractivity contribution >= 4 is 5.97 Å². The molecule has 5 aliphatic rings. The van der Waals surface area contributed by atoms with Gasteiger partial charge in [0.15, 0.2) is 0 Å². The van der Waals surface area contributed by atoms with E-state index >= 15 is 0 Å². The second-order valence-electron chi connectivity index (χ2n) is 12.9. The Morgan fingerprint density at radius 2 is 1.75 bits per heavy atom. The molecule has 2 N–H and O–H groups in total. The number of esters is 1. The summed E-state index contributed by atoms with van der Waals surface area (Å²) < 4.78 is 5.40. The Balaban J connectivity index is 1.53. The molecule has 0 heterocycles. The van der Waals surface area contributed by atoms with Gasteiger partial charge < -0.3 is 14.9 Å². The summed E-state index contributed by atoms with van der Waals surface area (Å²) in [5.41, 5.74) is 1.52. The van der Waals surface area contributed by atoms with Crippen LogP contribution in [-0.2, 0) is 9.53 Å². The van der Waals surface area contributed by atoms with Crippen molar-refractivity contribution in [2.24, 2.45) is 51.8 Å². The average Bonchev–Trinajstić information content (AvgIpc) is 2.76. The van der Waals surface area contributed by atoms with Crippen LogP contribution in [0.15, 0.2) is 11.6 Å². The van der Waals surface area contributed by atoms with Crippen molar-refractivity contribution in [3.8, 4) is 0 Å². The summed E-state index contributed by atoms with van der Waals surface area (Å²) in [5.74, 6) is 2.70. The van der Waals surface area contributed by atoms with E-state index in [2.05, 4.69) is 33.8 Å². The van der Waals surface area contributed by atoms with E-state index in [1.807, 2.05) is 0 Å². The molecule has 0 bridgehead atoms. The van der Waals surface area contributed by atoms with Crippen LogP contribution >= 0.6 is 0 Å². The highest BCUT2D eigenvalue weighted by atomic mass is 16.5. The minimum absolute atomic E-state index is 0.0231. The van der Waals surface area contributed by atoms with Crippen molar-refractivity contribution in [1.29, 1.82) is 0 Å². The summed E-state index contributed by atoms with van der Waals surface area (Å²) in [5, 5.41) is 21.3. The molecule has 4 heteroatoms. The number of ether oxygens (including phenoxy) is 1. The van der Waals surface area contributed by atoms with Gasteiger partial charge in [-0.2, -0.15) is 0 Å². The summed E-state index contributed by atoms with van der Waals surface area (Å²) in [7, 11) is 1.57. The third-order valence-corrected chi connectivity index (χ3v) is 11.7. The Hall–Kier alpha value is -0.870. The SMILES string of the molecule is COC(=O)[C@@]12CCC3C(=CCC4[C@@]3(C)CCC3[C@@H](C)[C@H](O)[C@H](O)C[C@@]34C)C1C[C@@H](C)CC2. The number of methoxy groups -OCH3 is 1. The molecule has 0 amide bonds. The average molecular weight is 445 g/mol. The fraction of sp³-hybridized carbons (Fsp3) is 0.893. The lowest BCUT2D eigenvalue weighted by molar-refractivity contribution is -0.191. The first kappa shape index (κ1) is 22.9. The third-order valence-electron chi connectivity index (χ3n) is 11.7. The Morgan fingerprint density at radius 1 is 1.03 bits per heavy atom. The lowest BCUT2D eigenvalue weighted by Gasteiger charge is -2.66. The molecular weight excluding hydrogens is 400 g/mol. The number of carbonyl (C=O) groups is 1. The minimum atomic E-state index is -0.614. The maximum Gasteiger partial charge on any atom is 0.312 e. The van der Waals surface area contributed by atoms with E-state index in [1.54, 1.807) is 12.7 Å². The molecule has 0 aromatic rings. The lowest BCUT2D eigenvalue weighted by atomic mass is 9.38. The number of rotatable bonds is 1. The molecule has 4 unspecified atom stereocenters. The molecule has 0 radical (unpaired) electrons. The van der Waals surface area contributed by atoms with E-state index in [4.69, 9.17) is 4.74 Å². The highest BCUT2D eigenvalue weighted by molar-refractivity contribution is 5.78. The van der Waals surface area contributed by atoms with Crippen molar-refractivity contribution in [3.05, 3.63) is 11.6 Å².